The molecule has 0 fully saturated rings. The monoisotopic (exact) mass is 414 g/mol. The first-order chi connectivity index (χ1) is 11.4. The fraction of sp³-hybridized carbons (Fsp3) is 0.200. The van der Waals surface area contributed by atoms with Crippen molar-refractivity contribution in [3.63, 3.8) is 0 Å². The van der Waals surface area contributed by atoms with Crippen LogP contribution in [0.15, 0.2) is 52.0 Å². The van der Waals surface area contributed by atoms with E-state index in [1.54, 1.807) is 18.2 Å². The quantitative estimate of drug-likeness (QED) is 0.386. The van der Waals surface area contributed by atoms with Gasteiger partial charge in [-0.1, -0.05) is 22.0 Å². The number of carboxylic acid groups (broad SMARTS) is 1. The second-order valence-corrected chi connectivity index (χ2v) is 7.30. The first-order valence-electron chi connectivity index (χ1n) is 6.92. The second-order valence-electron chi connectivity index (χ2n) is 4.77. The number of rotatable bonds is 8. The van der Waals surface area contributed by atoms with E-state index in [4.69, 9.17) is 9.29 Å². The minimum atomic E-state index is -3.82. The zero-order chi connectivity index (χ0) is 17.6. The minimum absolute atomic E-state index is 0.0737. The summed E-state index contributed by atoms with van der Waals surface area (Å²) in [6.45, 7) is 0.273. The van der Waals surface area contributed by atoms with Gasteiger partial charge in [-0.25, -0.2) is 4.79 Å². The van der Waals surface area contributed by atoms with Gasteiger partial charge in [-0.3, -0.25) is 14.5 Å². The molecule has 2 aromatic rings. The molecule has 0 aliphatic carbocycles. The van der Waals surface area contributed by atoms with Crippen LogP contribution in [0, 0.1) is 0 Å². The van der Waals surface area contributed by atoms with Crippen LogP contribution in [-0.2, 0) is 20.7 Å². The molecule has 1 aromatic heterocycles. The smallest absolute Gasteiger partial charge is 0.337 e. The summed E-state index contributed by atoms with van der Waals surface area (Å²) in [5.41, 5.74) is 0.817. The molecule has 0 bridgehead atoms. The Kier molecular flexibility index (Phi) is 6.44. The number of carboxylic acids is 1. The lowest BCUT2D eigenvalue weighted by Gasteiger charge is -2.07. The molecule has 0 saturated carbocycles. The van der Waals surface area contributed by atoms with Crippen LogP contribution in [0.25, 0.3) is 0 Å². The number of carbonyl (C=O) groups is 1. The average Bonchev–Trinajstić information content (AvgIpc) is 2.55. The molecule has 9 heteroatoms. The lowest BCUT2D eigenvalue weighted by Crippen LogP contribution is -2.23. The van der Waals surface area contributed by atoms with E-state index in [0.29, 0.717) is 23.1 Å². The number of aromatic carboxylic acids is 1. The molecular formula is C15H15BrN2O5S. The number of nitrogens with one attached hydrogen (secondary N) is 1. The van der Waals surface area contributed by atoms with Crippen molar-refractivity contribution in [2.24, 2.45) is 0 Å². The van der Waals surface area contributed by atoms with Crippen LogP contribution in [-0.4, -0.2) is 37.8 Å². The van der Waals surface area contributed by atoms with Gasteiger partial charge in [0.15, 0.2) is 0 Å². The van der Waals surface area contributed by atoms with Gasteiger partial charge in [0.05, 0.1) is 10.5 Å². The summed E-state index contributed by atoms with van der Waals surface area (Å²) in [7, 11) is -3.82. The molecule has 0 spiro atoms. The average molecular weight is 415 g/mol. The van der Waals surface area contributed by atoms with Gasteiger partial charge in [0, 0.05) is 29.3 Å². The zero-order valence-corrected chi connectivity index (χ0v) is 14.9. The molecule has 2 rings (SSSR count). The number of halogens is 1. The summed E-state index contributed by atoms with van der Waals surface area (Å²) in [5.74, 6) is -1.03. The summed E-state index contributed by atoms with van der Waals surface area (Å²) < 4.78 is 29.5. The molecule has 24 heavy (non-hydrogen) atoms. The van der Waals surface area contributed by atoms with Gasteiger partial charge in [-0.2, -0.15) is 8.42 Å². The largest absolute Gasteiger partial charge is 0.478 e. The Morgan fingerprint density at radius 2 is 2.08 bits per heavy atom. The number of benzene rings is 1. The predicted molar refractivity (Wildman–Crippen MR) is 90.2 cm³/mol. The molecule has 0 radical (unpaired) electrons. The minimum Gasteiger partial charge on any atom is -0.478 e. The molecule has 2 N–H and O–H groups in total. The number of nitrogens with zero attached hydrogens (tertiary/aromatic N) is 1. The summed E-state index contributed by atoms with van der Waals surface area (Å²) in [4.78, 5) is 14.8. The molecule has 1 aromatic carbocycles. The van der Waals surface area contributed by atoms with Gasteiger partial charge in [-0.05, 0) is 30.3 Å². The van der Waals surface area contributed by atoms with Crippen molar-refractivity contribution in [1.82, 2.24) is 10.3 Å². The van der Waals surface area contributed by atoms with Crippen LogP contribution in [0.2, 0.25) is 0 Å². The van der Waals surface area contributed by atoms with Crippen LogP contribution in [0.4, 0.5) is 0 Å². The van der Waals surface area contributed by atoms with Crippen molar-refractivity contribution in [2.75, 3.05) is 13.3 Å². The second kappa shape index (κ2) is 8.34. The molecule has 0 amide bonds. The van der Waals surface area contributed by atoms with E-state index in [-0.39, 0.29) is 17.2 Å². The number of hydrogen-bond acceptors (Lipinski definition) is 6. The van der Waals surface area contributed by atoms with E-state index < -0.39 is 16.1 Å². The molecular weight excluding hydrogens is 400 g/mol. The summed E-state index contributed by atoms with van der Waals surface area (Å²) in [5, 5.41) is 11.6. The van der Waals surface area contributed by atoms with Crippen LogP contribution >= 0.6 is 15.9 Å². The van der Waals surface area contributed by atoms with Gasteiger partial charge in [-0.15, -0.1) is 0 Å². The molecule has 0 atom stereocenters. The number of pyridine rings is 1. The number of aromatic nitrogens is 1. The Balaban J connectivity index is 1.77. The predicted octanol–water partition coefficient (Wildman–Crippen LogP) is 2.04. The molecule has 0 saturated heterocycles. The standard InChI is InChI=1S/C15H15BrN2O5S/c16-12-2-1-3-14(8-12)24(21,22)23-10-17-7-6-13-5-4-11(9-18-13)15(19)20/h1-5,8-9,17H,6-7,10H2,(H,19,20). The Labute approximate surface area is 147 Å². The summed E-state index contributed by atoms with van der Waals surface area (Å²) >= 11 is 3.21. The van der Waals surface area contributed by atoms with E-state index in [1.165, 1.54) is 24.4 Å². The van der Waals surface area contributed by atoms with Gasteiger partial charge in [0.1, 0.15) is 6.73 Å². The van der Waals surface area contributed by atoms with E-state index in [9.17, 15) is 13.2 Å². The zero-order valence-electron chi connectivity index (χ0n) is 12.5. The Morgan fingerprint density at radius 3 is 2.71 bits per heavy atom. The molecule has 0 aliphatic heterocycles. The Bertz CT molecular complexity index is 809. The van der Waals surface area contributed by atoms with Gasteiger partial charge in [0.25, 0.3) is 10.1 Å². The van der Waals surface area contributed by atoms with E-state index in [2.05, 4.69) is 26.2 Å². The Morgan fingerprint density at radius 1 is 1.29 bits per heavy atom. The topological polar surface area (TPSA) is 106 Å². The van der Waals surface area contributed by atoms with Crippen molar-refractivity contribution in [3.05, 3.63) is 58.3 Å². The normalized spacial score (nSPS) is 11.4. The fourth-order valence-electron chi connectivity index (χ4n) is 1.80. The molecule has 1 heterocycles. The summed E-state index contributed by atoms with van der Waals surface area (Å²) in [6.07, 6.45) is 1.80. The lowest BCUT2D eigenvalue weighted by atomic mass is 10.2. The van der Waals surface area contributed by atoms with Gasteiger partial charge >= 0.3 is 5.97 Å². The van der Waals surface area contributed by atoms with Crippen LogP contribution < -0.4 is 5.32 Å². The molecule has 128 valence electrons. The highest BCUT2D eigenvalue weighted by Gasteiger charge is 2.14. The van der Waals surface area contributed by atoms with Gasteiger partial charge < -0.3 is 5.11 Å². The van der Waals surface area contributed by atoms with Crippen molar-refractivity contribution >= 4 is 32.0 Å². The van der Waals surface area contributed by atoms with Crippen LogP contribution in [0.5, 0.6) is 0 Å². The van der Waals surface area contributed by atoms with E-state index >= 15 is 0 Å². The molecule has 0 unspecified atom stereocenters. The van der Waals surface area contributed by atoms with Crippen molar-refractivity contribution in [3.8, 4) is 0 Å². The third-order valence-electron chi connectivity index (χ3n) is 3.03. The highest BCUT2D eigenvalue weighted by molar-refractivity contribution is 9.10. The van der Waals surface area contributed by atoms with Crippen LogP contribution in [0.3, 0.4) is 0 Å². The highest BCUT2D eigenvalue weighted by Crippen LogP contribution is 2.17. The maximum absolute atomic E-state index is 12.0. The molecule has 7 nitrogen and oxygen atoms in total. The maximum Gasteiger partial charge on any atom is 0.337 e. The fourth-order valence-corrected chi connectivity index (χ4v) is 3.24. The third-order valence-corrected chi connectivity index (χ3v) is 4.78. The van der Waals surface area contributed by atoms with E-state index in [1.807, 2.05) is 0 Å². The van der Waals surface area contributed by atoms with E-state index in [0.717, 1.165) is 0 Å². The summed E-state index contributed by atoms with van der Waals surface area (Å²) in [6, 6.07) is 9.33. The first-order valence-corrected chi connectivity index (χ1v) is 9.12. The van der Waals surface area contributed by atoms with Crippen molar-refractivity contribution in [1.29, 1.82) is 0 Å². The first kappa shape index (κ1) is 18.5. The molecule has 0 aliphatic rings. The van der Waals surface area contributed by atoms with Gasteiger partial charge in [0.2, 0.25) is 0 Å². The highest BCUT2D eigenvalue weighted by atomic mass is 79.9. The third kappa shape index (κ3) is 5.38. The van der Waals surface area contributed by atoms with Crippen molar-refractivity contribution in [2.45, 2.75) is 11.3 Å². The number of hydrogen-bond donors (Lipinski definition) is 2. The maximum atomic E-state index is 12.0. The lowest BCUT2D eigenvalue weighted by molar-refractivity contribution is 0.0696. The Hall–Kier alpha value is -1.81. The van der Waals surface area contributed by atoms with Crippen LogP contribution in [0.1, 0.15) is 16.1 Å². The SMILES string of the molecule is O=C(O)c1ccc(CCNCOS(=O)(=O)c2cccc(Br)c2)nc1. The van der Waals surface area contributed by atoms with Crippen molar-refractivity contribution < 1.29 is 22.5 Å².